The zero-order chi connectivity index (χ0) is 11.5. The molecule has 0 unspecified atom stereocenters. The summed E-state index contributed by atoms with van der Waals surface area (Å²) >= 11 is 0. The van der Waals surface area contributed by atoms with Gasteiger partial charge in [0.05, 0.1) is 0 Å². The average Bonchev–Trinajstić information content (AvgIpc) is 2.26. The van der Waals surface area contributed by atoms with E-state index in [0.717, 1.165) is 5.56 Å². The Morgan fingerprint density at radius 2 is 1.94 bits per heavy atom. The number of hydrogen-bond donors (Lipinski definition) is 2. The van der Waals surface area contributed by atoms with Crippen molar-refractivity contribution in [3.05, 3.63) is 17.7 Å². The quantitative estimate of drug-likeness (QED) is 0.749. The van der Waals surface area contributed by atoms with Gasteiger partial charge in [0.25, 0.3) is 0 Å². The van der Waals surface area contributed by atoms with Crippen molar-refractivity contribution in [2.75, 3.05) is 18.9 Å². The third-order valence-electron chi connectivity index (χ3n) is 2.41. The molecule has 0 atom stereocenters. The van der Waals surface area contributed by atoms with Crippen molar-refractivity contribution in [2.24, 2.45) is 0 Å². The molecule has 16 heavy (non-hydrogen) atoms. The molecule has 0 fully saturated rings. The van der Waals surface area contributed by atoms with Crippen LogP contribution in [0.3, 0.4) is 0 Å². The zero-order valence-electron chi connectivity index (χ0n) is 8.73. The summed E-state index contributed by atoms with van der Waals surface area (Å²) in [6.07, 6.45) is 0.460. The van der Waals surface area contributed by atoms with Gasteiger partial charge < -0.3 is 20.3 Å². The number of rotatable bonds is 3. The topological polar surface area (TPSA) is 81.8 Å². The molecule has 0 saturated heterocycles. The Labute approximate surface area is 92.8 Å². The predicted molar refractivity (Wildman–Crippen MR) is 57.8 cm³/mol. The fourth-order valence-corrected chi connectivity index (χ4v) is 1.60. The van der Waals surface area contributed by atoms with Crippen LogP contribution >= 0.6 is 0 Å². The van der Waals surface area contributed by atoms with Crippen molar-refractivity contribution >= 4 is 11.7 Å². The van der Waals surface area contributed by atoms with E-state index >= 15 is 0 Å². The number of ether oxygens (including phenoxy) is 2. The largest absolute Gasteiger partial charge is 0.486 e. The van der Waals surface area contributed by atoms with Gasteiger partial charge in [0.1, 0.15) is 13.2 Å². The Balaban J connectivity index is 2.21. The lowest BCUT2D eigenvalue weighted by Gasteiger charge is -2.20. The van der Waals surface area contributed by atoms with E-state index in [0.29, 0.717) is 36.8 Å². The number of carbonyl (C=O) groups is 1. The summed E-state index contributed by atoms with van der Waals surface area (Å²) in [6.45, 7) is 1.02. The molecule has 1 aromatic carbocycles. The third kappa shape index (κ3) is 2.18. The van der Waals surface area contributed by atoms with Crippen LogP contribution in [0.2, 0.25) is 0 Å². The standard InChI is InChI=1S/C11H13NO4/c12-8-6-10-9(15-3-4-16-10)5-7(8)1-2-11(13)14/h5-6H,1-4,12H2,(H,13,14). The van der Waals surface area contributed by atoms with Gasteiger partial charge in [-0.25, -0.2) is 0 Å². The molecule has 0 aromatic heterocycles. The van der Waals surface area contributed by atoms with Crippen LogP contribution in [-0.4, -0.2) is 24.3 Å². The molecule has 86 valence electrons. The smallest absolute Gasteiger partial charge is 0.303 e. The molecule has 1 aliphatic rings. The summed E-state index contributed by atoms with van der Waals surface area (Å²) in [4.78, 5) is 10.5. The molecule has 0 radical (unpaired) electrons. The molecular weight excluding hydrogens is 210 g/mol. The van der Waals surface area contributed by atoms with Crippen molar-refractivity contribution in [2.45, 2.75) is 12.8 Å². The van der Waals surface area contributed by atoms with E-state index in [9.17, 15) is 4.79 Å². The van der Waals surface area contributed by atoms with Gasteiger partial charge in [0.2, 0.25) is 0 Å². The van der Waals surface area contributed by atoms with Crippen LogP contribution in [0.25, 0.3) is 0 Å². The highest BCUT2D eigenvalue weighted by molar-refractivity contribution is 5.68. The molecule has 5 heteroatoms. The molecule has 0 aliphatic carbocycles. The van der Waals surface area contributed by atoms with E-state index in [1.54, 1.807) is 12.1 Å². The molecule has 0 spiro atoms. The summed E-state index contributed by atoms with van der Waals surface area (Å²) in [5.41, 5.74) is 7.13. The van der Waals surface area contributed by atoms with Crippen molar-refractivity contribution in [3.63, 3.8) is 0 Å². The van der Waals surface area contributed by atoms with Gasteiger partial charge in [0, 0.05) is 18.2 Å². The summed E-state index contributed by atoms with van der Waals surface area (Å²) in [7, 11) is 0. The first-order valence-corrected chi connectivity index (χ1v) is 5.06. The molecular formula is C11H13NO4. The SMILES string of the molecule is Nc1cc2c(cc1CCC(=O)O)OCCO2. The number of benzene rings is 1. The van der Waals surface area contributed by atoms with Crippen LogP contribution < -0.4 is 15.2 Å². The van der Waals surface area contributed by atoms with Gasteiger partial charge in [-0.05, 0) is 18.1 Å². The van der Waals surface area contributed by atoms with Crippen LogP contribution in [0, 0.1) is 0 Å². The molecule has 0 amide bonds. The number of nitrogen functional groups attached to an aromatic ring is 1. The van der Waals surface area contributed by atoms with E-state index < -0.39 is 5.97 Å². The molecule has 0 bridgehead atoms. The second-order valence-electron chi connectivity index (χ2n) is 3.59. The Morgan fingerprint density at radius 3 is 2.56 bits per heavy atom. The number of aliphatic carboxylic acids is 1. The van der Waals surface area contributed by atoms with Gasteiger partial charge in [0.15, 0.2) is 11.5 Å². The van der Waals surface area contributed by atoms with Crippen LogP contribution in [0.15, 0.2) is 12.1 Å². The van der Waals surface area contributed by atoms with Gasteiger partial charge in [-0.3, -0.25) is 4.79 Å². The van der Waals surface area contributed by atoms with Gasteiger partial charge in [-0.2, -0.15) is 0 Å². The van der Waals surface area contributed by atoms with Crippen LogP contribution in [0.1, 0.15) is 12.0 Å². The predicted octanol–water partition coefficient (Wildman–Crippen LogP) is 1.06. The molecule has 5 nitrogen and oxygen atoms in total. The maximum absolute atomic E-state index is 10.5. The van der Waals surface area contributed by atoms with Crippen molar-refractivity contribution in [1.82, 2.24) is 0 Å². The van der Waals surface area contributed by atoms with E-state index in [1.165, 1.54) is 0 Å². The zero-order valence-corrected chi connectivity index (χ0v) is 8.73. The fourth-order valence-electron chi connectivity index (χ4n) is 1.60. The normalized spacial score (nSPS) is 13.5. The monoisotopic (exact) mass is 223 g/mol. The van der Waals surface area contributed by atoms with Gasteiger partial charge in [-0.1, -0.05) is 0 Å². The maximum Gasteiger partial charge on any atom is 0.303 e. The van der Waals surface area contributed by atoms with Crippen LogP contribution in [-0.2, 0) is 11.2 Å². The lowest BCUT2D eigenvalue weighted by atomic mass is 10.1. The minimum absolute atomic E-state index is 0.0594. The van der Waals surface area contributed by atoms with E-state index in [-0.39, 0.29) is 6.42 Å². The lowest BCUT2D eigenvalue weighted by molar-refractivity contribution is -0.136. The second-order valence-corrected chi connectivity index (χ2v) is 3.59. The molecule has 1 heterocycles. The van der Waals surface area contributed by atoms with Crippen LogP contribution in [0.4, 0.5) is 5.69 Å². The average molecular weight is 223 g/mol. The van der Waals surface area contributed by atoms with E-state index in [4.69, 9.17) is 20.3 Å². The second kappa shape index (κ2) is 4.30. The molecule has 2 rings (SSSR count). The lowest BCUT2D eigenvalue weighted by Crippen LogP contribution is -2.16. The third-order valence-corrected chi connectivity index (χ3v) is 2.41. The highest BCUT2D eigenvalue weighted by Gasteiger charge is 2.14. The van der Waals surface area contributed by atoms with E-state index in [1.807, 2.05) is 0 Å². The Hall–Kier alpha value is -1.91. The van der Waals surface area contributed by atoms with Crippen molar-refractivity contribution < 1.29 is 19.4 Å². The number of hydrogen-bond acceptors (Lipinski definition) is 4. The highest BCUT2D eigenvalue weighted by Crippen LogP contribution is 2.34. The number of nitrogens with two attached hydrogens (primary N) is 1. The number of anilines is 1. The molecule has 1 aliphatic heterocycles. The van der Waals surface area contributed by atoms with Crippen molar-refractivity contribution in [3.8, 4) is 11.5 Å². The first-order valence-electron chi connectivity index (χ1n) is 5.06. The summed E-state index contributed by atoms with van der Waals surface area (Å²) in [5.74, 6) is 0.429. The van der Waals surface area contributed by atoms with Crippen LogP contribution in [0.5, 0.6) is 11.5 Å². The molecule has 3 N–H and O–H groups in total. The Bertz CT molecular complexity index is 417. The van der Waals surface area contributed by atoms with Crippen molar-refractivity contribution in [1.29, 1.82) is 0 Å². The first-order chi connectivity index (χ1) is 7.66. The number of carboxylic acid groups (broad SMARTS) is 1. The highest BCUT2D eigenvalue weighted by atomic mass is 16.6. The first kappa shape index (κ1) is 10.6. The molecule has 0 saturated carbocycles. The Kier molecular flexibility index (Phi) is 2.85. The van der Waals surface area contributed by atoms with E-state index in [2.05, 4.69) is 0 Å². The minimum Gasteiger partial charge on any atom is -0.486 e. The molecule has 1 aromatic rings. The minimum atomic E-state index is -0.839. The number of aryl methyl sites for hydroxylation is 1. The van der Waals surface area contributed by atoms with Gasteiger partial charge in [-0.15, -0.1) is 0 Å². The Morgan fingerprint density at radius 1 is 1.31 bits per heavy atom. The summed E-state index contributed by atoms with van der Waals surface area (Å²) < 4.78 is 10.8. The van der Waals surface area contributed by atoms with Gasteiger partial charge >= 0.3 is 5.97 Å². The summed E-state index contributed by atoms with van der Waals surface area (Å²) in [6, 6.07) is 3.44. The maximum atomic E-state index is 10.5. The fraction of sp³-hybridized carbons (Fsp3) is 0.364. The summed E-state index contributed by atoms with van der Waals surface area (Å²) in [5, 5.41) is 8.61. The number of fused-ring (bicyclic) bond motifs is 1. The number of carboxylic acids is 1.